The molecule has 1 aromatic rings. The number of hydrogen-bond acceptors (Lipinski definition) is 2. The summed E-state index contributed by atoms with van der Waals surface area (Å²) in [6, 6.07) is 4.22. The minimum atomic E-state index is -0.359. The van der Waals surface area contributed by atoms with Crippen LogP contribution in [0, 0.1) is 5.82 Å². The number of carbonyl (C=O) groups excluding carboxylic acids is 1. The van der Waals surface area contributed by atoms with Crippen LogP contribution < -0.4 is 5.73 Å². The molecule has 0 aromatic heterocycles. The molecule has 1 saturated carbocycles. The van der Waals surface area contributed by atoms with Gasteiger partial charge in [-0.3, -0.25) is 0 Å². The number of nitrogens with zero attached hydrogens (tertiary/aromatic N) is 2. The maximum absolute atomic E-state index is 13.2. The van der Waals surface area contributed by atoms with Gasteiger partial charge in [0.2, 0.25) is 0 Å². The van der Waals surface area contributed by atoms with E-state index in [4.69, 9.17) is 5.73 Å². The molecule has 2 aliphatic rings. The van der Waals surface area contributed by atoms with Crippen molar-refractivity contribution in [3.63, 3.8) is 0 Å². The predicted molar refractivity (Wildman–Crippen MR) is 68.7 cm³/mol. The molecule has 4 nitrogen and oxygen atoms in total. The van der Waals surface area contributed by atoms with E-state index in [1.807, 2.05) is 0 Å². The molecule has 2 amide bonds. The Morgan fingerprint density at radius 2 is 2.17 bits per heavy atom. The number of amides is 2. The van der Waals surface area contributed by atoms with E-state index in [1.165, 1.54) is 6.07 Å². The molecule has 0 radical (unpaired) electrons. The summed E-state index contributed by atoms with van der Waals surface area (Å²) in [7, 11) is 0. The number of hydrogen-bond donors (Lipinski definition) is 1. The highest BCUT2D eigenvalue weighted by atomic mass is 79.9. The van der Waals surface area contributed by atoms with Crippen LogP contribution in [0.3, 0.4) is 0 Å². The van der Waals surface area contributed by atoms with Crippen LogP contribution in [0.2, 0.25) is 0 Å². The third-order valence-corrected chi connectivity index (χ3v) is 3.81. The molecular formula is C12H11BrFN3O. The zero-order chi connectivity index (χ0) is 12.9. The van der Waals surface area contributed by atoms with Crippen LogP contribution in [0.1, 0.15) is 24.4 Å². The number of benzene rings is 1. The molecule has 1 aliphatic carbocycles. The molecule has 2 N–H and O–H groups in total. The molecule has 1 heterocycles. The summed E-state index contributed by atoms with van der Waals surface area (Å²) in [6.45, 7) is 0. The molecule has 0 bridgehead atoms. The monoisotopic (exact) mass is 311 g/mol. The van der Waals surface area contributed by atoms with Crippen LogP contribution in [-0.2, 0) is 0 Å². The van der Waals surface area contributed by atoms with Gasteiger partial charge in [-0.25, -0.2) is 9.18 Å². The molecule has 1 aliphatic heterocycles. The quantitative estimate of drug-likeness (QED) is 0.912. The SMILES string of the molecule is NC1=NC(=O)N(C2CC2)C1c1ccc(F)c(Br)c1. The van der Waals surface area contributed by atoms with Crippen LogP contribution in [0.5, 0.6) is 0 Å². The summed E-state index contributed by atoms with van der Waals surface area (Å²) in [5, 5.41) is 0. The molecule has 0 spiro atoms. The molecule has 18 heavy (non-hydrogen) atoms. The number of rotatable bonds is 2. The van der Waals surface area contributed by atoms with Crippen molar-refractivity contribution >= 4 is 27.8 Å². The van der Waals surface area contributed by atoms with E-state index in [0.717, 1.165) is 18.4 Å². The summed E-state index contributed by atoms with van der Waals surface area (Å²) in [5.41, 5.74) is 6.60. The first-order valence-electron chi connectivity index (χ1n) is 5.69. The van der Waals surface area contributed by atoms with Crippen LogP contribution in [-0.4, -0.2) is 22.8 Å². The third kappa shape index (κ3) is 1.80. The summed E-state index contributed by atoms with van der Waals surface area (Å²) >= 11 is 3.14. The van der Waals surface area contributed by atoms with E-state index in [1.54, 1.807) is 17.0 Å². The standard InChI is InChI=1S/C12H11BrFN3O/c13-8-5-6(1-4-9(8)14)10-11(15)16-12(18)17(10)7-2-3-7/h1,4-5,7,10H,2-3H2,(H2,15,16,18). The van der Waals surface area contributed by atoms with Gasteiger partial charge in [0.05, 0.1) is 4.47 Å². The Labute approximate surface area is 112 Å². The molecule has 1 unspecified atom stereocenters. The first-order valence-corrected chi connectivity index (χ1v) is 6.48. The van der Waals surface area contributed by atoms with E-state index in [-0.39, 0.29) is 29.8 Å². The highest BCUT2D eigenvalue weighted by Crippen LogP contribution is 2.38. The predicted octanol–water partition coefficient (Wildman–Crippen LogP) is 2.58. The van der Waals surface area contributed by atoms with Gasteiger partial charge in [-0.05, 0) is 46.5 Å². The lowest BCUT2D eigenvalue weighted by molar-refractivity contribution is 0.203. The van der Waals surface area contributed by atoms with Gasteiger partial charge in [0, 0.05) is 6.04 Å². The minimum absolute atomic E-state index is 0.219. The highest BCUT2D eigenvalue weighted by molar-refractivity contribution is 9.10. The van der Waals surface area contributed by atoms with Gasteiger partial charge in [-0.1, -0.05) is 6.07 Å². The van der Waals surface area contributed by atoms with E-state index >= 15 is 0 Å². The Kier molecular flexibility index (Phi) is 2.62. The van der Waals surface area contributed by atoms with Crippen molar-refractivity contribution in [2.75, 3.05) is 0 Å². The Morgan fingerprint density at radius 1 is 1.44 bits per heavy atom. The van der Waals surface area contributed by atoms with Crippen LogP contribution in [0.25, 0.3) is 0 Å². The molecule has 1 fully saturated rings. The van der Waals surface area contributed by atoms with Crippen LogP contribution >= 0.6 is 15.9 Å². The number of aliphatic imine (C=N–C) groups is 1. The van der Waals surface area contributed by atoms with Gasteiger partial charge in [0.15, 0.2) is 0 Å². The minimum Gasteiger partial charge on any atom is -0.385 e. The number of carbonyl (C=O) groups is 1. The van der Waals surface area contributed by atoms with Crippen molar-refractivity contribution in [1.29, 1.82) is 0 Å². The van der Waals surface area contributed by atoms with E-state index < -0.39 is 0 Å². The second kappa shape index (κ2) is 4.05. The van der Waals surface area contributed by atoms with Gasteiger partial charge < -0.3 is 10.6 Å². The van der Waals surface area contributed by atoms with Crippen molar-refractivity contribution in [3.05, 3.63) is 34.1 Å². The van der Waals surface area contributed by atoms with Crippen LogP contribution in [0.15, 0.2) is 27.7 Å². The maximum atomic E-state index is 13.2. The third-order valence-electron chi connectivity index (χ3n) is 3.20. The zero-order valence-corrected chi connectivity index (χ0v) is 11.0. The largest absolute Gasteiger partial charge is 0.385 e. The summed E-state index contributed by atoms with van der Waals surface area (Å²) in [6.07, 6.45) is 1.96. The number of amidine groups is 1. The lowest BCUT2D eigenvalue weighted by Gasteiger charge is -2.24. The second-order valence-corrected chi connectivity index (χ2v) is 5.39. The fourth-order valence-corrected chi connectivity index (χ4v) is 2.61. The molecule has 3 rings (SSSR count). The topological polar surface area (TPSA) is 58.7 Å². The van der Waals surface area contributed by atoms with E-state index in [2.05, 4.69) is 20.9 Å². The van der Waals surface area contributed by atoms with Gasteiger partial charge >= 0.3 is 6.03 Å². The van der Waals surface area contributed by atoms with Gasteiger partial charge in [-0.2, -0.15) is 4.99 Å². The number of halogens is 2. The fourth-order valence-electron chi connectivity index (χ4n) is 2.22. The molecule has 6 heteroatoms. The molecular weight excluding hydrogens is 301 g/mol. The summed E-state index contributed by atoms with van der Waals surface area (Å²) < 4.78 is 13.6. The molecule has 0 saturated heterocycles. The fraction of sp³-hybridized carbons (Fsp3) is 0.333. The smallest absolute Gasteiger partial charge is 0.346 e. The van der Waals surface area contributed by atoms with Gasteiger partial charge in [0.25, 0.3) is 0 Å². The second-order valence-electron chi connectivity index (χ2n) is 4.53. The van der Waals surface area contributed by atoms with E-state index in [0.29, 0.717) is 4.47 Å². The lowest BCUT2D eigenvalue weighted by atomic mass is 10.1. The van der Waals surface area contributed by atoms with Gasteiger partial charge in [0.1, 0.15) is 17.7 Å². The average Bonchev–Trinajstić information content (AvgIpc) is 3.09. The van der Waals surface area contributed by atoms with Crippen LogP contribution in [0.4, 0.5) is 9.18 Å². The first-order chi connectivity index (χ1) is 8.58. The Hall–Kier alpha value is -1.43. The van der Waals surface area contributed by atoms with Crippen molar-refractivity contribution in [1.82, 2.24) is 4.90 Å². The highest BCUT2D eigenvalue weighted by Gasteiger charge is 2.43. The first kappa shape index (κ1) is 11.6. The molecule has 94 valence electrons. The van der Waals surface area contributed by atoms with E-state index in [9.17, 15) is 9.18 Å². The maximum Gasteiger partial charge on any atom is 0.346 e. The Bertz CT molecular complexity index is 556. The Balaban J connectivity index is 2.00. The number of urea groups is 1. The van der Waals surface area contributed by atoms with Crippen molar-refractivity contribution < 1.29 is 9.18 Å². The van der Waals surface area contributed by atoms with Crippen molar-refractivity contribution in [2.24, 2.45) is 10.7 Å². The zero-order valence-electron chi connectivity index (χ0n) is 9.44. The normalized spacial score (nSPS) is 23.4. The average molecular weight is 312 g/mol. The van der Waals surface area contributed by atoms with Gasteiger partial charge in [-0.15, -0.1) is 0 Å². The molecule has 1 atom stereocenters. The lowest BCUT2D eigenvalue weighted by Crippen LogP contribution is -2.35. The Morgan fingerprint density at radius 3 is 2.78 bits per heavy atom. The summed E-state index contributed by atoms with van der Waals surface area (Å²) in [4.78, 5) is 17.3. The summed E-state index contributed by atoms with van der Waals surface area (Å²) in [5.74, 6) is -0.0537. The number of nitrogens with two attached hydrogens (primary N) is 1. The van der Waals surface area contributed by atoms with Crippen molar-refractivity contribution in [3.8, 4) is 0 Å². The van der Waals surface area contributed by atoms with Crippen molar-refractivity contribution in [2.45, 2.75) is 24.9 Å². The molecule has 1 aromatic carbocycles.